The van der Waals surface area contributed by atoms with Gasteiger partial charge < -0.3 is 10.0 Å². The molecule has 1 fully saturated rings. The van der Waals surface area contributed by atoms with Crippen molar-refractivity contribution in [1.82, 2.24) is 4.90 Å². The van der Waals surface area contributed by atoms with Crippen molar-refractivity contribution in [3.63, 3.8) is 0 Å². The Kier molecular flexibility index (Phi) is 5.31. The van der Waals surface area contributed by atoms with Crippen LogP contribution in [0.15, 0.2) is 24.3 Å². The van der Waals surface area contributed by atoms with Crippen LogP contribution in [-0.2, 0) is 9.59 Å². The fraction of sp³-hybridized carbons (Fsp3) is 0.471. The lowest BCUT2D eigenvalue weighted by molar-refractivity contribution is -0.141. The number of benzene rings is 1. The Labute approximate surface area is 129 Å². The molecule has 0 radical (unpaired) electrons. The minimum Gasteiger partial charge on any atom is -0.481 e. The van der Waals surface area contributed by atoms with Crippen LogP contribution in [0, 0.1) is 12.8 Å². The first-order chi connectivity index (χ1) is 10.5. The van der Waals surface area contributed by atoms with E-state index >= 15 is 0 Å². The second kappa shape index (κ2) is 7.20. The zero-order chi connectivity index (χ0) is 16.1. The molecular formula is C17H21NO4. The fourth-order valence-electron chi connectivity index (χ4n) is 2.72. The molecule has 0 spiro atoms. The van der Waals surface area contributed by atoms with Gasteiger partial charge >= 0.3 is 5.97 Å². The Balaban J connectivity index is 1.86. The van der Waals surface area contributed by atoms with E-state index in [1.54, 1.807) is 4.90 Å². The topological polar surface area (TPSA) is 74.7 Å². The molecule has 118 valence electrons. The van der Waals surface area contributed by atoms with Gasteiger partial charge in [-0.25, -0.2) is 0 Å². The maximum atomic E-state index is 12.4. The number of piperidine rings is 1. The van der Waals surface area contributed by atoms with Crippen molar-refractivity contribution in [1.29, 1.82) is 0 Å². The monoisotopic (exact) mass is 303 g/mol. The number of carbonyl (C=O) groups excluding carboxylic acids is 2. The molecule has 0 saturated carbocycles. The molecule has 0 aliphatic carbocycles. The highest BCUT2D eigenvalue weighted by atomic mass is 16.4. The summed E-state index contributed by atoms with van der Waals surface area (Å²) in [7, 11) is 0. The molecule has 1 amide bonds. The lowest BCUT2D eigenvalue weighted by Crippen LogP contribution is -2.40. The van der Waals surface area contributed by atoms with Crippen molar-refractivity contribution < 1.29 is 19.5 Å². The number of nitrogens with zero attached hydrogens (tertiary/aromatic N) is 1. The molecule has 5 heteroatoms. The van der Waals surface area contributed by atoms with Crippen LogP contribution in [0.3, 0.4) is 0 Å². The third kappa shape index (κ3) is 4.16. The lowest BCUT2D eigenvalue weighted by Gasteiger charge is -2.31. The van der Waals surface area contributed by atoms with Crippen LogP contribution in [0.2, 0.25) is 0 Å². The van der Waals surface area contributed by atoms with Gasteiger partial charge in [-0.05, 0) is 19.8 Å². The summed E-state index contributed by atoms with van der Waals surface area (Å²) in [4.78, 5) is 36.4. The molecule has 1 saturated heterocycles. The lowest BCUT2D eigenvalue weighted by atomic mass is 9.88. The number of carboxylic acid groups (broad SMARTS) is 1. The van der Waals surface area contributed by atoms with E-state index in [4.69, 9.17) is 5.11 Å². The predicted molar refractivity (Wildman–Crippen MR) is 81.7 cm³/mol. The van der Waals surface area contributed by atoms with Crippen LogP contribution < -0.4 is 0 Å². The molecule has 0 unspecified atom stereocenters. The van der Waals surface area contributed by atoms with Gasteiger partial charge in [0.1, 0.15) is 0 Å². The number of hydrogen-bond donors (Lipinski definition) is 1. The van der Waals surface area contributed by atoms with Crippen molar-refractivity contribution in [3.8, 4) is 0 Å². The van der Waals surface area contributed by atoms with E-state index < -0.39 is 5.97 Å². The predicted octanol–water partition coefficient (Wildman–Crippen LogP) is 2.28. The average molecular weight is 303 g/mol. The van der Waals surface area contributed by atoms with Gasteiger partial charge in [0, 0.05) is 31.0 Å². The summed E-state index contributed by atoms with van der Waals surface area (Å²) in [5.41, 5.74) is 1.84. The van der Waals surface area contributed by atoms with Gasteiger partial charge in [-0.3, -0.25) is 14.4 Å². The van der Waals surface area contributed by atoms with E-state index in [0.29, 0.717) is 25.9 Å². The summed E-state index contributed by atoms with van der Waals surface area (Å²) >= 11 is 0. The van der Waals surface area contributed by atoms with Gasteiger partial charge in [0.15, 0.2) is 5.78 Å². The van der Waals surface area contributed by atoms with Gasteiger partial charge in [-0.1, -0.05) is 29.8 Å². The maximum Gasteiger partial charge on any atom is 0.303 e. The van der Waals surface area contributed by atoms with Crippen molar-refractivity contribution in [3.05, 3.63) is 35.4 Å². The molecule has 1 aliphatic rings. The van der Waals surface area contributed by atoms with Gasteiger partial charge in [0.25, 0.3) is 0 Å². The first kappa shape index (κ1) is 16.2. The van der Waals surface area contributed by atoms with Crippen molar-refractivity contribution in [2.24, 2.45) is 5.92 Å². The average Bonchev–Trinajstić information content (AvgIpc) is 2.53. The van der Waals surface area contributed by atoms with E-state index in [2.05, 4.69) is 0 Å². The summed E-state index contributed by atoms with van der Waals surface area (Å²) in [5.74, 6) is -1.01. The SMILES string of the molecule is Cc1ccc(C(=O)C2CCN(C(=O)CCC(=O)O)CC2)cc1. The van der Waals surface area contributed by atoms with E-state index in [1.165, 1.54) is 0 Å². The number of carboxylic acids is 1. The molecule has 0 atom stereocenters. The van der Waals surface area contributed by atoms with Crippen LogP contribution in [0.1, 0.15) is 41.6 Å². The van der Waals surface area contributed by atoms with E-state index in [-0.39, 0.29) is 30.4 Å². The van der Waals surface area contributed by atoms with Gasteiger partial charge in [0.05, 0.1) is 6.42 Å². The molecule has 0 aromatic heterocycles. The number of amides is 1. The molecule has 5 nitrogen and oxygen atoms in total. The number of carbonyl (C=O) groups is 3. The number of likely N-dealkylation sites (tertiary alicyclic amines) is 1. The Morgan fingerprint density at radius 1 is 1.09 bits per heavy atom. The highest BCUT2D eigenvalue weighted by Gasteiger charge is 2.27. The third-order valence-electron chi connectivity index (χ3n) is 4.11. The van der Waals surface area contributed by atoms with Crippen LogP contribution >= 0.6 is 0 Å². The normalized spacial score (nSPS) is 15.6. The largest absolute Gasteiger partial charge is 0.481 e. The molecule has 0 bridgehead atoms. The number of rotatable bonds is 5. The van der Waals surface area contributed by atoms with Crippen molar-refractivity contribution >= 4 is 17.7 Å². The second-order valence-electron chi connectivity index (χ2n) is 5.78. The van der Waals surface area contributed by atoms with E-state index in [0.717, 1.165) is 11.1 Å². The molecule has 1 aromatic carbocycles. The van der Waals surface area contributed by atoms with E-state index in [1.807, 2.05) is 31.2 Å². The van der Waals surface area contributed by atoms with Crippen molar-refractivity contribution in [2.45, 2.75) is 32.6 Å². The van der Waals surface area contributed by atoms with Crippen LogP contribution in [0.4, 0.5) is 0 Å². The number of aryl methyl sites for hydroxylation is 1. The Morgan fingerprint density at radius 3 is 2.23 bits per heavy atom. The molecule has 1 heterocycles. The summed E-state index contributed by atoms with van der Waals surface area (Å²) in [6.07, 6.45) is 1.18. The minimum absolute atomic E-state index is 0.0336. The first-order valence-electron chi connectivity index (χ1n) is 7.58. The minimum atomic E-state index is -0.960. The van der Waals surface area contributed by atoms with Gasteiger partial charge in [-0.2, -0.15) is 0 Å². The summed E-state index contributed by atoms with van der Waals surface area (Å²) in [6, 6.07) is 7.56. The van der Waals surface area contributed by atoms with Gasteiger partial charge in [0.2, 0.25) is 5.91 Å². The zero-order valence-electron chi connectivity index (χ0n) is 12.7. The number of aliphatic carboxylic acids is 1. The summed E-state index contributed by atoms with van der Waals surface area (Å²) in [5, 5.41) is 8.61. The van der Waals surface area contributed by atoms with Crippen LogP contribution in [0.25, 0.3) is 0 Å². The standard InChI is InChI=1S/C17H21NO4/c1-12-2-4-13(5-3-12)17(22)14-8-10-18(11-9-14)15(19)6-7-16(20)21/h2-5,14H,6-11H2,1H3,(H,20,21). The first-order valence-corrected chi connectivity index (χ1v) is 7.58. The van der Waals surface area contributed by atoms with Crippen molar-refractivity contribution in [2.75, 3.05) is 13.1 Å². The quantitative estimate of drug-likeness (QED) is 0.847. The third-order valence-corrected chi connectivity index (χ3v) is 4.11. The molecule has 22 heavy (non-hydrogen) atoms. The molecule has 2 rings (SSSR count). The van der Waals surface area contributed by atoms with Crippen LogP contribution in [0.5, 0.6) is 0 Å². The van der Waals surface area contributed by atoms with Gasteiger partial charge in [-0.15, -0.1) is 0 Å². The fourth-order valence-corrected chi connectivity index (χ4v) is 2.72. The molecule has 1 N–H and O–H groups in total. The number of hydrogen-bond acceptors (Lipinski definition) is 3. The molecule has 1 aromatic rings. The highest BCUT2D eigenvalue weighted by Crippen LogP contribution is 2.22. The Bertz CT molecular complexity index is 557. The highest BCUT2D eigenvalue weighted by molar-refractivity contribution is 5.98. The second-order valence-corrected chi connectivity index (χ2v) is 5.78. The number of Topliss-reactive ketones (excluding diaryl/α,β-unsaturated/α-hetero) is 1. The summed E-state index contributed by atoms with van der Waals surface area (Å²) in [6.45, 7) is 3.04. The Hall–Kier alpha value is -2.17. The Morgan fingerprint density at radius 2 is 1.68 bits per heavy atom. The zero-order valence-corrected chi connectivity index (χ0v) is 12.7. The summed E-state index contributed by atoms with van der Waals surface area (Å²) < 4.78 is 0. The number of ketones is 1. The molecule has 1 aliphatic heterocycles. The van der Waals surface area contributed by atoms with Crippen LogP contribution in [-0.4, -0.2) is 40.8 Å². The smallest absolute Gasteiger partial charge is 0.303 e. The molecular weight excluding hydrogens is 282 g/mol. The maximum absolute atomic E-state index is 12.4. The van der Waals surface area contributed by atoms with E-state index in [9.17, 15) is 14.4 Å².